The predicted molar refractivity (Wildman–Crippen MR) is 118 cm³/mol. The van der Waals surface area contributed by atoms with E-state index in [2.05, 4.69) is 16.6 Å². The SMILES string of the molecule is C=C(/C=C(\O)C=O)C1=NC2C(=O)N(Cc3ccccc3)C=NC2N1Cc1ccccc1. The van der Waals surface area contributed by atoms with Crippen molar-refractivity contribution >= 4 is 24.4 Å². The molecule has 0 aliphatic carbocycles. The molecular formula is C24H22N4O3. The fourth-order valence-electron chi connectivity index (χ4n) is 3.68. The second-order valence-electron chi connectivity index (χ2n) is 7.35. The third kappa shape index (κ3) is 4.30. The van der Waals surface area contributed by atoms with E-state index in [1.165, 1.54) is 6.08 Å². The summed E-state index contributed by atoms with van der Waals surface area (Å²) in [5.41, 5.74) is 2.35. The molecule has 2 aliphatic rings. The molecule has 1 N–H and O–H groups in total. The van der Waals surface area contributed by atoms with Crippen LogP contribution in [-0.2, 0) is 22.7 Å². The van der Waals surface area contributed by atoms with E-state index in [1.54, 1.807) is 11.2 Å². The number of aliphatic hydroxyl groups excluding tert-OH is 1. The lowest BCUT2D eigenvalue weighted by Gasteiger charge is -2.32. The van der Waals surface area contributed by atoms with Gasteiger partial charge in [0.1, 0.15) is 5.84 Å². The number of aldehydes is 1. The van der Waals surface area contributed by atoms with Crippen LogP contribution in [0.15, 0.2) is 94.6 Å². The molecule has 0 bridgehead atoms. The van der Waals surface area contributed by atoms with Crippen molar-refractivity contribution in [1.29, 1.82) is 0 Å². The molecule has 31 heavy (non-hydrogen) atoms. The van der Waals surface area contributed by atoms with Crippen molar-refractivity contribution in [3.63, 3.8) is 0 Å². The van der Waals surface area contributed by atoms with Gasteiger partial charge in [0.15, 0.2) is 24.3 Å². The maximum absolute atomic E-state index is 13.2. The van der Waals surface area contributed by atoms with E-state index in [-0.39, 0.29) is 5.91 Å². The van der Waals surface area contributed by atoms with E-state index in [1.807, 2.05) is 65.6 Å². The van der Waals surface area contributed by atoms with Crippen molar-refractivity contribution in [2.45, 2.75) is 25.3 Å². The third-order valence-corrected chi connectivity index (χ3v) is 5.15. The number of amidine groups is 1. The van der Waals surface area contributed by atoms with Gasteiger partial charge in [-0.1, -0.05) is 67.2 Å². The number of aliphatic imine (C=N–C) groups is 2. The van der Waals surface area contributed by atoms with Crippen molar-refractivity contribution < 1.29 is 14.7 Å². The lowest BCUT2D eigenvalue weighted by molar-refractivity contribution is -0.130. The van der Waals surface area contributed by atoms with Gasteiger partial charge in [0.05, 0.1) is 12.9 Å². The number of carbonyl (C=O) groups is 2. The van der Waals surface area contributed by atoms with Crippen LogP contribution in [0, 0.1) is 0 Å². The van der Waals surface area contributed by atoms with Crippen LogP contribution >= 0.6 is 0 Å². The summed E-state index contributed by atoms with van der Waals surface area (Å²) in [5, 5.41) is 9.64. The standard InChI is InChI=1S/C24H22N4O3/c1-17(12-20(30)15-29)22-26-21-23(28(22)14-19-10-6-3-7-11-19)25-16-27(24(21)31)13-18-8-4-2-5-9-18/h2-12,15-16,21,23,30H,1,13-14H2/b20-12-. The van der Waals surface area contributed by atoms with Crippen molar-refractivity contribution in [3.05, 3.63) is 95.8 Å². The van der Waals surface area contributed by atoms with Crippen LogP contribution < -0.4 is 0 Å². The summed E-state index contributed by atoms with van der Waals surface area (Å²) in [7, 11) is 0. The minimum atomic E-state index is -0.726. The Morgan fingerprint density at radius 3 is 2.26 bits per heavy atom. The lowest BCUT2D eigenvalue weighted by Crippen LogP contribution is -2.50. The molecule has 0 saturated heterocycles. The number of amides is 1. The molecule has 0 radical (unpaired) electrons. The van der Waals surface area contributed by atoms with Crippen LogP contribution in [-0.4, -0.2) is 51.5 Å². The van der Waals surface area contributed by atoms with Crippen LogP contribution in [0.2, 0.25) is 0 Å². The molecule has 2 atom stereocenters. The lowest BCUT2D eigenvalue weighted by atomic mass is 10.1. The quantitative estimate of drug-likeness (QED) is 0.327. The Hall–Kier alpha value is -4.00. The largest absolute Gasteiger partial charge is 0.505 e. The van der Waals surface area contributed by atoms with E-state index in [9.17, 15) is 14.7 Å². The smallest absolute Gasteiger partial charge is 0.257 e. The first-order valence-electron chi connectivity index (χ1n) is 9.88. The average Bonchev–Trinajstić information content (AvgIpc) is 3.16. The molecule has 2 unspecified atom stereocenters. The van der Waals surface area contributed by atoms with Gasteiger partial charge >= 0.3 is 0 Å². The molecule has 2 aliphatic heterocycles. The summed E-state index contributed by atoms with van der Waals surface area (Å²) in [6, 6.07) is 18.7. The molecule has 0 fully saturated rings. The van der Waals surface area contributed by atoms with Gasteiger partial charge in [-0.25, -0.2) is 4.99 Å². The third-order valence-electron chi connectivity index (χ3n) is 5.15. The van der Waals surface area contributed by atoms with Crippen molar-refractivity contribution in [3.8, 4) is 0 Å². The van der Waals surface area contributed by atoms with Crippen molar-refractivity contribution in [2.24, 2.45) is 9.98 Å². The summed E-state index contributed by atoms with van der Waals surface area (Å²) < 4.78 is 0. The molecule has 7 nitrogen and oxygen atoms in total. The Kier molecular flexibility index (Phi) is 5.75. The highest BCUT2D eigenvalue weighted by Crippen LogP contribution is 2.29. The second kappa shape index (κ2) is 8.79. The molecule has 156 valence electrons. The van der Waals surface area contributed by atoms with Gasteiger partial charge in [0, 0.05) is 12.1 Å². The minimum absolute atomic E-state index is 0.159. The van der Waals surface area contributed by atoms with Gasteiger partial charge in [-0.05, 0) is 17.2 Å². The summed E-state index contributed by atoms with van der Waals surface area (Å²) >= 11 is 0. The molecular weight excluding hydrogens is 392 g/mol. The van der Waals surface area contributed by atoms with Crippen LogP contribution in [0.1, 0.15) is 11.1 Å². The topological polar surface area (TPSA) is 85.6 Å². The Bertz CT molecular complexity index is 1080. The monoisotopic (exact) mass is 414 g/mol. The summed E-state index contributed by atoms with van der Waals surface area (Å²) in [4.78, 5) is 36.7. The highest BCUT2D eigenvalue weighted by atomic mass is 16.3. The Balaban J connectivity index is 1.64. The van der Waals surface area contributed by atoms with E-state index in [0.717, 1.165) is 11.1 Å². The molecule has 2 heterocycles. The van der Waals surface area contributed by atoms with Crippen molar-refractivity contribution in [2.75, 3.05) is 0 Å². The average molecular weight is 414 g/mol. The fourth-order valence-corrected chi connectivity index (χ4v) is 3.68. The van der Waals surface area contributed by atoms with E-state index in [4.69, 9.17) is 0 Å². The number of carbonyl (C=O) groups excluding carboxylic acids is 2. The number of fused-ring (bicyclic) bond motifs is 1. The van der Waals surface area contributed by atoms with Gasteiger partial charge in [-0.2, -0.15) is 0 Å². The van der Waals surface area contributed by atoms with E-state index in [0.29, 0.717) is 30.8 Å². The number of allylic oxidation sites excluding steroid dienone is 1. The Labute approximate surface area is 180 Å². The number of hydrogen-bond acceptors (Lipinski definition) is 6. The second-order valence-corrected chi connectivity index (χ2v) is 7.35. The van der Waals surface area contributed by atoms with Gasteiger partial charge in [-0.3, -0.25) is 19.5 Å². The number of aliphatic hydroxyl groups is 1. The number of benzene rings is 2. The molecule has 0 saturated carbocycles. The maximum Gasteiger partial charge on any atom is 0.257 e. The highest BCUT2D eigenvalue weighted by Gasteiger charge is 2.44. The van der Waals surface area contributed by atoms with Gasteiger partial charge in [-0.15, -0.1) is 0 Å². The maximum atomic E-state index is 13.2. The van der Waals surface area contributed by atoms with Crippen LogP contribution in [0.4, 0.5) is 0 Å². The van der Waals surface area contributed by atoms with E-state index < -0.39 is 18.0 Å². The zero-order valence-corrected chi connectivity index (χ0v) is 16.8. The highest BCUT2D eigenvalue weighted by molar-refractivity contribution is 6.06. The zero-order chi connectivity index (χ0) is 21.8. The number of hydrogen-bond donors (Lipinski definition) is 1. The fraction of sp³-hybridized carbons (Fsp3) is 0.167. The summed E-state index contributed by atoms with van der Waals surface area (Å²) in [5.74, 6) is -0.185. The molecule has 0 aromatic heterocycles. The van der Waals surface area contributed by atoms with Crippen LogP contribution in [0.5, 0.6) is 0 Å². The first-order chi connectivity index (χ1) is 15.1. The minimum Gasteiger partial charge on any atom is -0.505 e. The van der Waals surface area contributed by atoms with Gasteiger partial charge < -0.3 is 10.0 Å². The van der Waals surface area contributed by atoms with Gasteiger partial charge in [0.2, 0.25) is 0 Å². The number of nitrogens with zero attached hydrogens (tertiary/aromatic N) is 4. The molecule has 2 aromatic carbocycles. The van der Waals surface area contributed by atoms with Gasteiger partial charge in [0.25, 0.3) is 5.91 Å². The molecule has 7 heteroatoms. The van der Waals surface area contributed by atoms with Crippen molar-refractivity contribution in [1.82, 2.24) is 9.80 Å². The zero-order valence-electron chi connectivity index (χ0n) is 16.8. The van der Waals surface area contributed by atoms with E-state index >= 15 is 0 Å². The van der Waals surface area contributed by atoms with Crippen LogP contribution in [0.3, 0.4) is 0 Å². The first kappa shape index (κ1) is 20.3. The molecule has 1 amide bonds. The summed E-state index contributed by atoms with van der Waals surface area (Å²) in [6.45, 7) is 4.80. The Morgan fingerprint density at radius 1 is 1.03 bits per heavy atom. The molecule has 2 aromatic rings. The summed E-state index contributed by atoms with van der Waals surface area (Å²) in [6.07, 6.45) is 2.63. The normalized spacial score (nSPS) is 20.5. The number of rotatable bonds is 7. The predicted octanol–water partition coefficient (Wildman–Crippen LogP) is 2.86. The molecule has 0 spiro atoms. The molecule has 4 rings (SSSR count). The Morgan fingerprint density at radius 2 is 1.65 bits per heavy atom. The first-order valence-corrected chi connectivity index (χ1v) is 9.88. The van der Waals surface area contributed by atoms with Crippen LogP contribution in [0.25, 0.3) is 0 Å².